The van der Waals surface area contributed by atoms with E-state index in [1.807, 2.05) is 55.4 Å². The summed E-state index contributed by atoms with van der Waals surface area (Å²) in [5.41, 5.74) is 9.15. The monoisotopic (exact) mass is 521 g/mol. The van der Waals surface area contributed by atoms with E-state index in [2.05, 4.69) is 27.4 Å². The highest BCUT2D eigenvalue weighted by molar-refractivity contribution is 14.0. The summed E-state index contributed by atoms with van der Waals surface area (Å²) in [6.07, 6.45) is 0. The number of hydrogen-bond acceptors (Lipinski definition) is 5. The van der Waals surface area contributed by atoms with Crippen molar-refractivity contribution in [2.45, 2.75) is 13.1 Å². The number of para-hydroxylation sites is 1. The number of pyridine rings is 1. The average Bonchev–Trinajstić information content (AvgIpc) is 2.75. The van der Waals surface area contributed by atoms with Crippen LogP contribution in [0.5, 0.6) is 11.5 Å². The Bertz CT molecular complexity index is 1020. The lowest BCUT2D eigenvalue weighted by Gasteiger charge is -2.15. The first-order chi connectivity index (χ1) is 14.0. The molecule has 160 valence electrons. The van der Waals surface area contributed by atoms with Gasteiger partial charge in [-0.05, 0) is 35.4 Å². The zero-order valence-electron chi connectivity index (χ0n) is 17.7. The Labute approximate surface area is 194 Å². The highest BCUT2D eigenvalue weighted by Gasteiger charge is 2.08. The minimum atomic E-state index is 0. The van der Waals surface area contributed by atoms with E-state index in [0.29, 0.717) is 30.5 Å². The zero-order chi connectivity index (χ0) is 20.8. The minimum absolute atomic E-state index is 0. The molecular weight excluding hydrogens is 493 g/mol. The Morgan fingerprint density at radius 1 is 1.07 bits per heavy atom. The van der Waals surface area contributed by atoms with Crippen molar-refractivity contribution in [3.63, 3.8) is 0 Å². The van der Waals surface area contributed by atoms with E-state index in [9.17, 15) is 0 Å². The van der Waals surface area contributed by atoms with E-state index in [1.165, 1.54) is 0 Å². The summed E-state index contributed by atoms with van der Waals surface area (Å²) in [4.78, 5) is 11.1. The molecule has 7 nitrogen and oxygen atoms in total. The first-order valence-electron chi connectivity index (χ1n) is 9.32. The van der Waals surface area contributed by atoms with Crippen molar-refractivity contribution in [1.82, 2.24) is 10.3 Å². The molecular formula is C22H28IN5O2. The molecule has 0 fully saturated rings. The van der Waals surface area contributed by atoms with Gasteiger partial charge in [-0.25, -0.2) is 9.98 Å². The second-order valence-electron chi connectivity index (χ2n) is 6.80. The summed E-state index contributed by atoms with van der Waals surface area (Å²) in [5.74, 6) is 2.65. The fourth-order valence-corrected chi connectivity index (χ4v) is 3.00. The van der Waals surface area contributed by atoms with Crippen molar-refractivity contribution in [2.75, 3.05) is 33.2 Å². The van der Waals surface area contributed by atoms with Crippen LogP contribution in [0.3, 0.4) is 0 Å². The Kier molecular flexibility index (Phi) is 8.52. The van der Waals surface area contributed by atoms with Crippen molar-refractivity contribution < 1.29 is 9.47 Å². The fourth-order valence-electron chi connectivity index (χ4n) is 3.00. The summed E-state index contributed by atoms with van der Waals surface area (Å²) in [7, 11) is 7.18. The molecule has 0 amide bonds. The largest absolute Gasteiger partial charge is 0.493 e. The third kappa shape index (κ3) is 5.65. The maximum atomic E-state index is 6.09. The number of guanidine groups is 1. The van der Waals surface area contributed by atoms with E-state index < -0.39 is 0 Å². The van der Waals surface area contributed by atoms with E-state index in [0.717, 1.165) is 27.8 Å². The van der Waals surface area contributed by atoms with Gasteiger partial charge in [-0.1, -0.05) is 24.3 Å². The first kappa shape index (κ1) is 23.5. The average molecular weight is 521 g/mol. The lowest BCUT2D eigenvalue weighted by Crippen LogP contribution is -2.31. The number of nitrogens with zero attached hydrogens (tertiary/aromatic N) is 3. The highest BCUT2D eigenvalue weighted by Crippen LogP contribution is 2.27. The number of fused-ring (bicyclic) bond motifs is 1. The number of anilines is 1. The maximum Gasteiger partial charge on any atom is 0.189 e. The number of nitrogens with two attached hydrogens (primary N) is 1. The number of halogens is 1. The van der Waals surface area contributed by atoms with Crippen LogP contribution in [-0.4, -0.2) is 39.3 Å². The Hall–Kier alpha value is -2.75. The molecule has 0 saturated heterocycles. The number of aromatic nitrogens is 1. The molecule has 0 aliphatic rings. The molecule has 0 spiro atoms. The van der Waals surface area contributed by atoms with Crippen molar-refractivity contribution >= 4 is 46.7 Å². The zero-order valence-corrected chi connectivity index (χ0v) is 20.0. The number of benzene rings is 2. The topological polar surface area (TPSA) is 85.0 Å². The van der Waals surface area contributed by atoms with Gasteiger partial charge in [-0.15, -0.1) is 24.0 Å². The van der Waals surface area contributed by atoms with Gasteiger partial charge in [0, 0.05) is 26.0 Å². The Morgan fingerprint density at radius 3 is 2.50 bits per heavy atom. The van der Waals surface area contributed by atoms with Crippen LogP contribution in [0, 0.1) is 0 Å². The Balaban J connectivity index is 0.00000320. The Morgan fingerprint density at radius 2 is 1.80 bits per heavy atom. The van der Waals surface area contributed by atoms with Crippen molar-refractivity contribution in [1.29, 1.82) is 0 Å². The summed E-state index contributed by atoms with van der Waals surface area (Å²) in [6, 6.07) is 15.8. The molecule has 3 N–H and O–H groups in total. The standard InChI is InChI=1S/C22H27N5O2.HI/c1-27(2)21-12-16(17-7-5-6-8-18(17)26-21)14-25-22(23)24-13-15-9-10-19(28-3)20(11-15)29-4;/h5-12H,13-14H2,1-4H3,(H3,23,24,25);1H. The van der Waals surface area contributed by atoms with E-state index >= 15 is 0 Å². The van der Waals surface area contributed by atoms with Gasteiger partial charge in [0.2, 0.25) is 0 Å². The van der Waals surface area contributed by atoms with Gasteiger partial charge in [-0.3, -0.25) is 0 Å². The molecule has 8 heteroatoms. The fraction of sp³-hybridized carbons (Fsp3) is 0.273. The molecule has 0 aliphatic carbocycles. The van der Waals surface area contributed by atoms with Crippen molar-refractivity contribution in [3.05, 3.63) is 59.7 Å². The lowest BCUT2D eigenvalue weighted by atomic mass is 10.1. The minimum Gasteiger partial charge on any atom is -0.493 e. The predicted molar refractivity (Wildman–Crippen MR) is 133 cm³/mol. The van der Waals surface area contributed by atoms with Crippen molar-refractivity contribution in [3.8, 4) is 11.5 Å². The van der Waals surface area contributed by atoms with E-state index in [1.54, 1.807) is 14.2 Å². The SMILES string of the molecule is COc1ccc(CN=C(N)NCc2cc(N(C)C)nc3ccccc23)cc1OC.I. The van der Waals surface area contributed by atoms with Crippen molar-refractivity contribution in [2.24, 2.45) is 10.7 Å². The van der Waals surface area contributed by atoms with Crippen LogP contribution >= 0.6 is 24.0 Å². The predicted octanol–water partition coefficient (Wildman–Crippen LogP) is 3.54. The van der Waals surface area contributed by atoms with Gasteiger partial charge >= 0.3 is 0 Å². The van der Waals surface area contributed by atoms with E-state index in [-0.39, 0.29) is 24.0 Å². The van der Waals surface area contributed by atoms with Crippen LogP contribution in [0.2, 0.25) is 0 Å². The quantitative estimate of drug-likeness (QED) is 0.281. The van der Waals surface area contributed by atoms with E-state index in [4.69, 9.17) is 15.2 Å². The lowest BCUT2D eigenvalue weighted by molar-refractivity contribution is 0.354. The second-order valence-corrected chi connectivity index (χ2v) is 6.80. The number of ether oxygens (including phenoxy) is 2. The summed E-state index contributed by atoms with van der Waals surface area (Å²) < 4.78 is 10.6. The molecule has 0 saturated carbocycles. The van der Waals surface area contributed by atoms with Crippen LogP contribution in [0.15, 0.2) is 53.5 Å². The molecule has 0 unspecified atom stereocenters. The number of rotatable bonds is 7. The molecule has 0 atom stereocenters. The molecule has 0 radical (unpaired) electrons. The van der Waals surface area contributed by atoms with Gasteiger partial charge in [-0.2, -0.15) is 0 Å². The number of methoxy groups -OCH3 is 2. The van der Waals surface area contributed by atoms with Crippen LogP contribution in [0.4, 0.5) is 5.82 Å². The molecule has 1 aromatic heterocycles. The third-order valence-corrected chi connectivity index (χ3v) is 4.59. The summed E-state index contributed by atoms with van der Waals surface area (Å²) >= 11 is 0. The molecule has 3 aromatic rings. The van der Waals surface area contributed by atoms with Crippen LogP contribution < -0.4 is 25.4 Å². The molecule has 30 heavy (non-hydrogen) atoms. The van der Waals surface area contributed by atoms with Gasteiger partial charge < -0.3 is 25.4 Å². The first-order valence-corrected chi connectivity index (χ1v) is 9.32. The van der Waals surface area contributed by atoms with Gasteiger partial charge in [0.05, 0.1) is 26.3 Å². The molecule has 2 aromatic carbocycles. The molecule has 0 bridgehead atoms. The summed E-state index contributed by atoms with van der Waals surface area (Å²) in [6.45, 7) is 1.00. The molecule has 3 rings (SSSR count). The normalized spacial score (nSPS) is 11.0. The smallest absolute Gasteiger partial charge is 0.189 e. The van der Waals surface area contributed by atoms with Gasteiger partial charge in [0.25, 0.3) is 0 Å². The third-order valence-electron chi connectivity index (χ3n) is 4.59. The second kappa shape index (κ2) is 10.9. The van der Waals surface area contributed by atoms with Crippen LogP contribution in [0.1, 0.15) is 11.1 Å². The maximum absolute atomic E-state index is 6.09. The van der Waals surface area contributed by atoms with Gasteiger partial charge in [0.1, 0.15) is 5.82 Å². The highest BCUT2D eigenvalue weighted by atomic mass is 127. The molecule has 0 aliphatic heterocycles. The van der Waals surface area contributed by atoms with Gasteiger partial charge in [0.15, 0.2) is 17.5 Å². The van der Waals surface area contributed by atoms with Crippen LogP contribution in [-0.2, 0) is 13.1 Å². The number of hydrogen-bond donors (Lipinski definition) is 2. The number of nitrogens with one attached hydrogen (secondary N) is 1. The van der Waals surface area contributed by atoms with Crippen LogP contribution in [0.25, 0.3) is 10.9 Å². The molecule has 1 heterocycles. The summed E-state index contributed by atoms with van der Waals surface area (Å²) in [5, 5.41) is 4.30. The number of aliphatic imine (C=N–C) groups is 1.